The third-order valence-electron chi connectivity index (χ3n) is 1.43. The minimum Gasteiger partial charge on any atom is -0.238 e. The Bertz CT molecular complexity index is 423. The first-order valence-electron chi connectivity index (χ1n) is 3.08. The van der Waals surface area contributed by atoms with Crippen LogP contribution in [-0.2, 0) is 0 Å². The van der Waals surface area contributed by atoms with E-state index in [0.717, 1.165) is 11.0 Å². The summed E-state index contributed by atoms with van der Waals surface area (Å²) in [6, 6.07) is 5.19. The normalized spacial score (nSPS) is 9.73. The summed E-state index contributed by atoms with van der Waals surface area (Å²) in [6.07, 6.45) is 0. The van der Waals surface area contributed by atoms with Crippen LogP contribution in [0, 0.1) is 6.57 Å². The number of nitrogens with one attached hydrogen (secondary N) is 1. The highest BCUT2D eigenvalue weighted by molar-refractivity contribution is 5.78. The molecule has 1 N–H and O–H groups in total. The number of rotatable bonds is 0. The predicted molar refractivity (Wildman–Crippen MR) is 40.2 cm³/mol. The molecule has 0 aliphatic carbocycles. The van der Waals surface area contributed by atoms with Crippen LogP contribution in [0.25, 0.3) is 15.9 Å². The molecule has 1 heterocycles. The smallest absolute Gasteiger partial charge is 0.189 e. The maximum absolute atomic E-state index is 6.74. The molecule has 0 aliphatic heterocycles. The maximum atomic E-state index is 6.74. The minimum atomic E-state index is 0.589. The van der Waals surface area contributed by atoms with Gasteiger partial charge >= 0.3 is 0 Å². The third-order valence-corrected chi connectivity index (χ3v) is 1.43. The SMILES string of the molecule is [C-]#[N+]c1ccc2n[nH]nc2c1. The number of hydrogen-bond donors (Lipinski definition) is 1. The molecule has 2 aromatic rings. The molecular formula is C7H4N4. The van der Waals surface area contributed by atoms with Crippen LogP contribution in [0.3, 0.4) is 0 Å². The van der Waals surface area contributed by atoms with Crippen molar-refractivity contribution in [1.82, 2.24) is 15.4 Å². The molecule has 0 bridgehead atoms. The monoisotopic (exact) mass is 144 g/mol. The van der Waals surface area contributed by atoms with Crippen molar-refractivity contribution < 1.29 is 0 Å². The Balaban J connectivity index is 2.79. The predicted octanol–water partition coefficient (Wildman–Crippen LogP) is 1.51. The topological polar surface area (TPSA) is 45.9 Å². The van der Waals surface area contributed by atoms with Gasteiger partial charge in [-0.15, -0.1) is 0 Å². The van der Waals surface area contributed by atoms with Gasteiger partial charge in [-0.25, -0.2) is 4.85 Å². The van der Waals surface area contributed by atoms with Gasteiger partial charge in [-0.1, -0.05) is 6.07 Å². The molecule has 0 aliphatic rings. The number of aromatic nitrogens is 3. The van der Waals surface area contributed by atoms with Gasteiger partial charge in [-0.05, 0) is 12.1 Å². The van der Waals surface area contributed by atoms with Crippen molar-refractivity contribution in [2.24, 2.45) is 0 Å². The fraction of sp³-hybridized carbons (Fsp3) is 0. The van der Waals surface area contributed by atoms with E-state index in [4.69, 9.17) is 6.57 Å². The molecule has 0 fully saturated rings. The summed E-state index contributed by atoms with van der Waals surface area (Å²) >= 11 is 0. The summed E-state index contributed by atoms with van der Waals surface area (Å²) in [5.74, 6) is 0. The van der Waals surface area contributed by atoms with Gasteiger partial charge < -0.3 is 0 Å². The molecule has 4 heteroatoms. The van der Waals surface area contributed by atoms with Crippen molar-refractivity contribution in [3.05, 3.63) is 29.6 Å². The Hall–Kier alpha value is -1.89. The Morgan fingerprint density at radius 2 is 2.09 bits per heavy atom. The Morgan fingerprint density at radius 3 is 2.91 bits per heavy atom. The molecule has 52 valence electrons. The third kappa shape index (κ3) is 0.829. The molecule has 0 saturated heterocycles. The van der Waals surface area contributed by atoms with Crippen LogP contribution in [0.2, 0.25) is 0 Å². The molecule has 0 radical (unpaired) electrons. The van der Waals surface area contributed by atoms with Crippen LogP contribution in [-0.4, -0.2) is 15.4 Å². The second-order valence-corrected chi connectivity index (χ2v) is 2.11. The first-order chi connectivity index (χ1) is 5.40. The quantitative estimate of drug-likeness (QED) is 0.569. The molecule has 1 aromatic heterocycles. The van der Waals surface area contributed by atoms with Crippen LogP contribution in [0.1, 0.15) is 0 Å². The van der Waals surface area contributed by atoms with E-state index in [1.54, 1.807) is 18.2 Å². The summed E-state index contributed by atoms with van der Waals surface area (Å²) in [6.45, 7) is 6.74. The molecule has 0 atom stereocenters. The lowest BCUT2D eigenvalue weighted by Crippen LogP contribution is -1.66. The van der Waals surface area contributed by atoms with Gasteiger partial charge in [0.1, 0.15) is 11.0 Å². The minimum absolute atomic E-state index is 0.589. The van der Waals surface area contributed by atoms with Gasteiger partial charge in [0.25, 0.3) is 0 Å². The average molecular weight is 144 g/mol. The molecule has 0 spiro atoms. The highest BCUT2D eigenvalue weighted by Crippen LogP contribution is 2.16. The number of nitrogens with zero attached hydrogens (tertiary/aromatic N) is 3. The number of benzene rings is 1. The van der Waals surface area contributed by atoms with Gasteiger partial charge in [-0.2, -0.15) is 15.4 Å². The molecule has 0 unspecified atom stereocenters. The van der Waals surface area contributed by atoms with Crippen molar-refractivity contribution in [3.63, 3.8) is 0 Å². The largest absolute Gasteiger partial charge is 0.238 e. The van der Waals surface area contributed by atoms with Crippen molar-refractivity contribution in [2.75, 3.05) is 0 Å². The maximum Gasteiger partial charge on any atom is 0.189 e. The molecule has 0 saturated carbocycles. The van der Waals surface area contributed by atoms with Crippen LogP contribution in [0.15, 0.2) is 18.2 Å². The first-order valence-corrected chi connectivity index (χ1v) is 3.08. The standard InChI is InChI=1S/C7H4N4/c1-8-5-2-3-6-7(4-5)10-11-9-6/h2-4H,(H,9,10,11). The fourth-order valence-corrected chi connectivity index (χ4v) is 0.898. The number of fused-ring (bicyclic) bond motifs is 1. The van der Waals surface area contributed by atoms with E-state index in [1.807, 2.05) is 0 Å². The molecule has 11 heavy (non-hydrogen) atoms. The highest BCUT2D eigenvalue weighted by atomic mass is 15.3. The highest BCUT2D eigenvalue weighted by Gasteiger charge is 1.97. The lowest BCUT2D eigenvalue weighted by molar-refractivity contribution is 0.959. The lowest BCUT2D eigenvalue weighted by Gasteiger charge is -1.85. The number of aromatic amines is 1. The molecule has 4 nitrogen and oxygen atoms in total. The zero-order valence-electron chi connectivity index (χ0n) is 5.57. The van der Waals surface area contributed by atoms with E-state index >= 15 is 0 Å². The van der Waals surface area contributed by atoms with Gasteiger partial charge in [0, 0.05) is 0 Å². The van der Waals surface area contributed by atoms with E-state index < -0.39 is 0 Å². The van der Waals surface area contributed by atoms with Gasteiger partial charge in [0.2, 0.25) is 0 Å². The van der Waals surface area contributed by atoms with Crippen molar-refractivity contribution in [3.8, 4) is 0 Å². The number of hydrogen-bond acceptors (Lipinski definition) is 2. The van der Waals surface area contributed by atoms with Crippen molar-refractivity contribution >= 4 is 16.7 Å². The van der Waals surface area contributed by atoms with Crippen molar-refractivity contribution in [2.45, 2.75) is 0 Å². The van der Waals surface area contributed by atoms with Gasteiger partial charge in [-0.3, -0.25) is 0 Å². The summed E-state index contributed by atoms with van der Waals surface area (Å²) in [5, 5.41) is 10.2. The van der Waals surface area contributed by atoms with E-state index in [9.17, 15) is 0 Å². The van der Waals surface area contributed by atoms with E-state index in [-0.39, 0.29) is 0 Å². The Labute approximate surface area is 62.7 Å². The molecule has 1 aromatic carbocycles. The van der Waals surface area contributed by atoms with E-state index in [2.05, 4.69) is 20.3 Å². The molecule has 2 rings (SSSR count). The average Bonchev–Trinajstić information content (AvgIpc) is 2.50. The second kappa shape index (κ2) is 2.06. The Morgan fingerprint density at radius 1 is 1.27 bits per heavy atom. The van der Waals surface area contributed by atoms with Crippen LogP contribution < -0.4 is 0 Å². The summed E-state index contributed by atoms with van der Waals surface area (Å²) in [4.78, 5) is 3.27. The Kier molecular flexibility index (Phi) is 1.10. The molecular weight excluding hydrogens is 140 g/mol. The second-order valence-electron chi connectivity index (χ2n) is 2.11. The van der Waals surface area contributed by atoms with E-state index in [0.29, 0.717) is 5.69 Å². The number of H-pyrrole nitrogens is 1. The zero-order valence-corrected chi connectivity index (χ0v) is 5.57. The van der Waals surface area contributed by atoms with Gasteiger partial charge in [0.15, 0.2) is 5.69 Å². The van der Waals surface area contributed by atoms with Gasteiger partial charge in [0.05, 0.1) is 6.57 Å². The van der Waals surface area contributed by atoms with Crippen LogP contribution in [0.4, 0.5) is 5.69 Å². The zero-order chi connectivity index (χ0) is 7.68. The first kappa shape index (κ1) is 5.86. The van der Waals surface area contributed by atoms with Crippen molar-refractivity contribution in [1.29, 1.82) is 0 Å². The summed E-state index contributed by atoms with van der Waals surface area (Å²) < 4.78 is 0. The van der Waals surface area contributed by atoms with Crippen LogP contribution in [0.5, 0.6) is 0 Å². The lowest BCUT2D eigenvalue weighted by atomic mass is 10.3. The van der Waals surface area contributed by atoms with E-state index in [1.165, 1.54) is 0 Å². The van der Waals surface area contributed by atoms with Crippen LogP contribution >= 0.6 is 0 Å². The molecule has 0 amide bonds. The fourth-order valence-electron chi connectivity index (χ4n) is 0.898. The summed E-state index contributed by atoms with van der Waals surface area (Å²) in [7, 11) is 0. The summed E-state index contributed by atoms with van der Waals surface area (Å²) in [5.41, 5.74) is 2.11.